The first-order valence-electron chi connectivity index (χ1n) is 5.06. The van der Waals surface area contributed by atoms with Gasteiger partial charge in [0.05, 0.1) is 12.5 Å². The van der Waals surface area contributed by atoms with Gasteiger partial charge in [-0.1, -0.05) is 6.92 Å². The predicted octanol–water partition coefficient (Wildman–Crippen LogP) is 0.133. The summed E-state index contributed by atoms with van der Waals surface area (Å²) in [6.07, 6.45) is 2.78. The number of amides is 2. The Morgan fingerprint density at radius 2 is 2.14 bits per heavy atom. The molecule has 1 aliphatic heterocycles. The Morgan fingerprint density at radius 3 is 2.57 bits per heavy atom. The van der Waals surface area contributed by atoms with Gasteiger partial charge in [0.1, 0.15) is 0 Å². The second kappa shape index (κ2) is 3.05. The topological polar surface area (TPSA) is 49.4 Å². The summed E-state index contributed by atoms with van der Waals surface area (Å²) in [7, 11) is 1.55. The van der Waals surface area contributed by atoms with Crippen molar-refractivity contribution >= 4 is 11.8 Å². The van der Waals surface area contributed by atoms with Crippen LogP contribution in [0.25, 0.3) is 0 Å². The van der Waals surface area contributed by atoms with E-state index in [2.05, 4.69) is 12.2 Å². The molecule has 4 nitrogen and oxygen atoms in total. The summed E-state index contributed by atoms with van der Waals surface area (Å²) in [5, 5.41) is 3.18. The summed E-state index contributed by atoms with van der Waals surface area (Å²) < 4.78 is 0. The van der Waals surface area contributed by atoms with E-state index >= 15 is 0 Å². The van der Waals surface area contributed by atoms with E-state index in [-0.39, 0.29) is 17.9 Å². The number of carbonyl (C=O) groups excluding carboxylic acids is 2. The fourth-order valence-corrected chi connectivity index (χ4v) is 1.67. The molecule has 78 valence electrons. The minimum atomic E-state index is -0.273. The Kier molecular flexibility index (Phi) is 2.10. The number of nitrogens with zero attached hydrogens (tertiary/aromatic N) is 1. The van der Waals surface area contributed by atoms with E-state index in [9.17, 15) is 9.59 Å². The lowest BCUT2D eigenvalue weighted by molar-refractivity contribution is -0.137. The first kappa shape index (κ1) is 9.65. The quantitative estimate of drug-likeness (QED) is 0.653. The molecular formula is C10H16N2O2. The van der Waals surface area contributed by atoms with Gasteiger partial charge in [0.25, 0.3) is 0 Å². The summed E-state index contributed by atoms with van der Waals surface area (Å²) in [4.78, 5) is 23.9. The lowest BCUT2D eigenvalue weighted by Gasteiger charge is -2.14. The molecule has 1 heterocycles. The molecule has 2 aliphatic rings. The van der Waals surface area contributed by atoms with Crippen LogP contribution in [0.3, 0.4) is 0 Å². The zero-order chi connectivity index (χ0) is 10.3. The summed E-state index contributed by atoms with van der Waals surface area (Å²) in [6, 6.07) is -0.273. The lowest BCUT2D eigenvalue weighted by atomic mass is 10.1. The van der Waals surface area contributed by atoms with Gasteiger partial charge in [-0.25, -0.2) is 0 Å². The fourth-order valence-electron chi connectivity index (χ4n) is 1.67. The van der Waals surface area contributed by atoms with Crippen LogP contribution >= 0.6 is 0 Å². The van der Waals surface area contributed by atoms with Crippen LogP contribution in [-0.2, 0) is 9.59 Å². The van der Waals surface area contributed by atoms with Gasteiger partial charge in [0, 0.05) is 13.6 Å². The number of carbonyl (C=O) groups is 2. The van der Waals surface area contributed by atoms with Crippen molar-refractivity contribution in [3.05, 3.63) is 0 Å². The van der Waals surface area contributed by atoms with E-state index in [4.69, 9.17) is 0 Å². The fraction of sp³-hybridized carbons (Fsp3) is 0.800. The molecule has 2 amide bonds. The molecule has 1 saturated carbocycles. The molecule has 0 aromatic heterocycles. The maximum atomic E-state index is 11.5. The number of rotatable bonds is 3. The van der Waals surface area contributed by atoms with E-state index < -0.39 is 0 Å². The van der Waals surface area contributed by atoms with Crippen LogP contribution in [0, 0.1) is 5.41 Å². The number of hydrogen-bond acceptors (Lipinski definition) is 3. The largest absolute Gasteiger partial charge is 0.305 e. The van der Waals surface area contributed by atoms with Gasteiger partial charge in [-0.05, 0) is 18.3 Å². The Labute approximate surface area is 83.6 Å². The second-order valence-electron chi connectivity index (χ2n) is 4.74. The van der Waals surface area contributed by atoms with Crippen molar-refractivity contribution in [2.75, 3.05) is 13.6 Å². The normalized spacial score (nSPS) is 29.9. The zero-order valence-electron chi connectivity index (χ0n) is 8.67. The minimum absolute atomic E-state index is 0.0755. The highest BCUT2D eigenvalue weighted by molar-refractivity contribution is 6.05. The number of likely N-dealkylation sites (N-methyl/N-ethyl adjacent to an activating group) is 1. The van der Waals surface area contributed by atoms with Crippen molar-refractivity contribution in [3.63, 3.8) is 0 Å². The van der Waals surface area contributed by atoms with Crippen LogP contribution in [0.4, 0.5) is 0 Å². The Hall–Kier alpha value is -0.900. The van der Waals surface area contributed by atoms with Crippen molar-refractivity contribution in [2.45, 2.75) is 32.2 Å². The van der Waals surface area contributed by atoms with Crippen molar-refractivity contribution in [1.29, 1.82) is 0 Å². The Balaban J connectivity index is 1.87. The molecule has 1 unspecified atom stereocenters. The van der Waals surface area contributed by atoms with Gasteiger partial charge in [-0.2, -0.15) is 0 Å². The molecule has 1 aliphatic carbocycles. The number of likely N-dealkylation sites (tertiary alicyclic amines) is 1. The van der Waals surface area contributed by atoms with Crippen molar-refractivity contribution in [2.24, 2.45) is 5.41 Å². The summed E-state index contributed by atoms with van der Waals surface area (Å²) in [5.41, 5.74) is 0.379. The SMILES string of the molecule is CN1C(=O)CC(NCC2(C)CC2)C1=O. The van der Waals surface area contributed by atoms with E-state index in [0.29, 0.717) is 11.8 Å². The van der Waals surface area contributed by atoms with Gasteiger partial charge >= 0.3 is 0 Å². The lowest BCUT2D eigenvalue weighted by Crippen LogP contribution is -2.39. The molecule has 4 heteroatoms. The molecule has 0 aromatic carbocycles. The van der Waals surface area contributed by atoms with Gasteiger partial charge in [-0.3, -0.25) is 14.5 Å². The van der Waals surface area contributed by atoms with E-state index in [1.165, 1.54) is 17.7 Å². The van der Waals surface area contributed by atoms with E-state index in [1.54, 1.807) is 7.05 Å². The predicted molar refractivity (Wildman–Crippen MR) is 51.5 cm³/mol. The molecule has 0 spiro atoms. The number of imide groups is 1. The monoisotopic (exact) mass is 196 g/mol. The maximum Gasteiger partial charge on any atom is 0.246 e. The first-order valence-corrected chi connectivity index (χ1v) is 5.06. The minimum Gasteiger partial charge on any atom is -0.305 e. The standard InChI is InChI=1S/C10H16N2O2/c1-10(3-4-10)6-11-7-5-8(13)12(2)9(7)14/h7,11H,3-6H2,1-2H3. The second-order valence-corrected chi connectivity index (χ2v) is 4.74. The van der Waals surface area contributed by atoms with Crippen LogP contribution in [0.15, 0.2) is 0 Å². The van der Waals surface area contributed by atoms with Crippen molar-refractivity contribution in [3.8, 4) is 0 Å². The van der Waals surface area contributed by atoms with Gasteiger partial charge < -0.3 is 5.32 Å². The van der Waals surface area contributed by atoms with Crippen LogP contribution < -0.4 is 5.32 Å². The molecule has 0 bridgehead atoms. The molecular weight excluding hydrogens is 180 g/mol. The molecule has 1 N–H and O–H groups in total. The van der Waals surface area contributed by atoms with Crippen LogP contribution in [0.5, 0.6) is 0 Å². The van der Waals surface area contributed by atoms with Gasteiger partial charge in [0.15, 0.2) is 0 Å². The van der Waals surface area contributed by atoms with Gasteiger partial charge in [0.2, 0.25) is 11.8 Å². The average molecular weight is 196 g/mol. The zero-order valence-corrected chi connectivity index (χ0v) is 8.67. The van der Waals surface area contributed by atoms with Crippen molar-refractivity contribution in [1.82, 2.24) is 10.2 Å². The highest BCUT2D eigenvalue weighted by atomic mass is 16.2. The Bertz CT molecular complexity index is 284. The summed E-state index contributed by atoms with van der Waals surface area (Å²) >= 11 is 0. The third kappa shape index (κ3) is 1.66. The van der Waals surface area contributed by atoms with Crippen molar-refractivity contribution < 1.29 is 9.59 Å². The highest BCUT2D eigenvalue weighted by Crippen LogP contribution is 2.44. The average Bonchev–Trinajstić information content (AvgIpc) is 2.83. The molecule has 2 fully saturated rings. The number of hydrogen-bond donors (Lipinski definition) is 1. The maximum absolute atomic E-state index is 11.5. The van der Waals surface area contributed by atoms with Crippen LogP contribution in [0.2, 0.25) is 0 Å². The van der Waals surface area contributed by atoms with E-state index in [0.717, 1.165) is 6.54 Å². The number of nitrogens with one attached hydrogen (secondary N) is 1. The highest BCUT2D eigenvalue weighted by Gasteiger charge is 2.41. The third-order valence-corrected chi connectivity index (χ3v) is 3.26. The summed E-state index contributed by atoms with van der Waals surface area (Å²) in [6.45, 7) is 3.05. The third-order valence-electron chi connectivity index (χ3n) is 3.26. The molecule has 1 saturated heterocycles. The Morgan fingerprint density at radius 1 is 1.50 bits per heavy atom. The first-order chi connectivity index (χ1) is 6.52. The van der Waals surface area contributed by atoms with E-state index in [1.807, 2.05) is 0 Å². The molecule has 14 heavy (non-hydrogen) atoms. The molecule has 0 radical (unpaired) electrons. The van der Waals surface area contributed by atoms with Crippen LogP contribution in [-0.4, -0.2) is 36.3 Å². The smallest absolute Gasteiger partial charge is 0.246 e. The molecule has 0 aromatic rings. The van der Waals surface area contributed by atoms with Crippen LogP contribution in [0.1, 0.15) is 26.2 Å². The van der Waals surface area contributed by atoms with Gasteiger partial charge in [-0.15, -0.1) is 0 Å². The molecule has 2 rings (SSSR count). The molecule has 1 atom stereocenters. The summed E-state index contributed by atoms with van der Waals surface area (Å²) in [5.74, 6) is -0.160.